The van der Waals surface area contributed by atoms with Gasteiger partial charge in [-0.1, -0.05) is 12.5 Å². The molecule has 0 aliphatic carbocycles. The summed E-state index contributed by atoms with van der Waals surface area (Å²) in [6, 6.07) is 8.04. The number of rotatable bonds is 6. The lowest BCUT2D eigenvalue weighted by Gasteiger charge is -2.35. The zero-order valence-corrected chi connectivity index (χ0v) is 13.3. The van der Waals surface area contributed by atoms with Crippen LogP contribution in [0.4, 0.5) is 0 Å². The van der Waals surface area contributed by atoms with Gasteiger partial charge in [-0.05, 0) is 37.6 Å². The van der Waals surface area contributed by atoms with Crippen LogP contribution in [0.5, 0.6) is 0 Å². The van der Waals surface area contributed by atoms with E-state index in [1.54, 1.807) is 12.4 Å². The first-order valence-electron chi connectivity index (χ1n) is 8.19. The normalized spacial score (nSPS) is 18.7. The summed E-state index contributed by atoms with van der Waals surface area (Å²) in [7, 11) is 0. The Kier molecular flexibility index (Phi) is 5.37. The number of hydrogen-bond acceptors (Lipinski definition) is 4. The fraction of sp³-hybridized carbons (Fsp3) is 0.471. The van der Waals surface area contributed by atoms with Gasteiger partial charge in [-0.25, -0.2) is 0 Å². The van der Waals surface area contributed by atoms with Gasteiger partial charge in [0.1, 0.15) is 0 Å². The molecule has 1 N–H and O–H groups in total. The van der Waals surface area contributed by atoms with Crippen LogP contribution in [-0.2, 0) is 17.9 Å². The van der Waals surface area contributed by atoms with E-state index >= 15 is 0 Å². The first-order valence-corrected chi connectivity index (χ1v) is 8.19. The molecule has 3 rings (SSSR count). The summed E-state index contributed by atoms with van der Waals surface area (Å²) in [5.41, 5.74) is 0.882. The fourth-order valence-corrected chi connectivity index (χ4v) is 3.03. The van der Waals surface area contributed by atoms with Gasteiger partial charge in [0.2, 0.25) is 5.91 Å². The number of aromatic nitrogens is 3. The standard InChI is InChI=1S/C17H23N5O/c23-17(19-12-15-6-1-3-8-18-15)14-21-10-4-2-7-16(21)13-22-11-5-9-20-22/h1,3,5-6,8-9,11,16H,2,4,7,10,12-14H2,(H,19,23). The van der Waals surface area contributed by atoms with Crippen molar-refractivity contribution in [2.45, 2.75) is 38.4 Å². The molecule has 2 aromatic heterocycles. The molecule has 0 radical (unpaired) electrons. The van der Waals surface area contributed by atoms with Crippen molar-refractivity contribution in [3.8, 4) is 0 Å². The first-order chi connectivity index (χ1) is 11.3. The molecule has 1 aliphatic heterocycles. The third-order valence-corrected chi connectivity index (χ3v) is 4.25. The Morgan fingerprint density at radius 1 is 1.26 bits per heavy atom. The van der Waals surface area contributed by atoms with E-state index in [1.807, 2.05) is 35.1 Å². The van der Waals surface area contributed by atoms with Crippen molar-refractivity contribution < 1.29 is 4.79 Å². The number of pyridine rings is 1. The molecule has 0 bridgehead atoms. The van der Waals surface area contributed by atoms with Gasteiger partial charge in [-0.15, -0.1) is 0 Å². The maximum Gasteiger partial charge on any atom is 0.234 e. The highest BCUT2D eigenvalue weighted by atomic mass is 16.2. The molecule has 0 spiro atoms. The SMILES string of the molecule is O=C(CN1CCCCC1Cn1cccn1)NCc1ccccn1. The van der Waals surface area contributed by atoms with Crippen LogP contribution < -0.4 is 5.32 Å². The van der Waals surface area contributed by atoms with Crippen molar-refractivity contribution in [1.82, 2.24) is 25.0 Å². The molecular formula is C17H23N5O. The number of likely N-dealkylation sites (tertiary alicyclic amines) is 1. The van der Waals surface area contributed by atoms with Crippen LogP contribution in [0.15, 0.2) is 42.9 Å². The van der Waals surface area contributed by atoms with Crippen LogP contribution in [0.1, 0.15) is 25.0 Å². The Morgan fingerprint density at radius 3 is 3.00 bits per heavy atom. The van der Waals surface area contributed by atoms with E-state index in [-0.39, 0.29) is 5.91 Å². The Balaban J connectivity index is 1.51. The monoisotopic (exact) mass is 313 g/mol. The van der Waals surface area contributed by atoms with Crippen molar-refractivity contribution in [2.75, 3.05) is 13.1 Å². The predicted molar refractivity (Wildman–Crippen MR) is 87.5 cm³/mol. The third-order valence-electron chi connectivity index (χ3n) is 4.25. The smallest absolute Gasteiger partial charge is 0.234 e. The fourth-order valence-electron chi connectivity index (χ4n) is 3.03. The van der Waals surface area contributed by atoms with E-state index in [4.69, 9.17) is 0 Å². The minimum Gasteiger partial charge on any atom is -0.349 e. The molecule has 1 unspecified atom stereocenters. The maximum atomic E-state index is 12.2. The highest BCUT2D eigenvalue weighted by molar-refractivity contribution is 5.78. The molecular weight excluding hydrogens is 290 g/mol. The van der Waals surface area contributed by atoms with Gasteiger partial charge >= 0.3 is 0 Å². The zero-order valence-electron chi connectivity index (χ0n) is 13.3. The van der Waals surface area contributed by atoms with Crippen molar-refractivity contribution in [1.29, 1.82) is 0 Å². The van der Waals surface area contributed by atoms with E-state index in [0.29, 0.717) is 19.1 Å². The molecule has 1 amide bonds. The second-order valence-electron chi connectivity index (χ2n) is 5.95. The van der Waals surface area contributed by atoms with Crippen molar-refractivity contribution in [3.05, 3.63) is 48.5 Å². The highest BCUT2D eigenvalue weighted by Gasteiger charge is 2.24. The Bertz CT molecular complexity index is 599. The molecule has 6 heteroatoms. The van der Waals surface area contributed by atoms with Gasteiger partial charge in [0.05, 0.1) is 25.3 Å². The molecule has 3 heterocycles. The largest absolute Gasteiger partial charge is 0.349 e. The molecule has 1 aliphatic rings. The zero-order chi connectivity index (χ0) is 15.9. The average molecular weight is 313 g/mol. The van der Waals surface area contributed by atoms with Crippen molar-refractivity contribution >= 4 is 5.91 Å². The highest BCUT2D eigenvalue weighted by Crippen LogP contribution is 2.18. The van der Waals surface area contributed by atoms with E-state index in [9.17, 15) is 4.79 Å². The lowest BCUT2D eigenvalue weighted by Crippen LogP contribution is -2.47. The molecule has 1 fully saturated rings. The number of nitrogens with zero attached hydrogens (tertiary/aromatic N) is 4. The van der Waals surface area contributed by atoms with Gasteiger partial charge in [0.15, 0.2) is 0 Å². The van der Waals surface area contributed by atoms with E-state index in [1.165, 1.54) is 6.42 Å². The van der Waals surface area contributed by atoms with Crippen LogP contribution in [0, 0.1) is 0 Å². The molecule has 6 nitrogen and oxygen atoms in total. The Hall–Kier alpha value is -2.21. The molecule has 2 aromatic rings. The second kappa shape index (κ2) is 7.87. The quantitative estimate of drug-likeness (QED) is 0.877. The average Bonchev–Trinajstić information content (AvgIpc) is 3.09. The number of piperidine rings is 1. The second-order valence-corrected chi connectivity index (χ2v) is 5.95. The van der Waals surface area contributed by atoms with Gasteiger partial charge in [-0.2, -0.15) is 5.10 Å². The summed E-state index contributed by atoms with van der Waals surface area (Å²) in [6.07, 6.45) is 9.02. The number of carbonyl (C=O) groups is 1. The van der Waals surface area contributed by atoms with Gasteiger partial charge in [-0.3, -0.25) is 19.4 Å². The molecule has 1 saturated heterocycles. The summed E-state index contributed by atoms with van der Waals surface area (Å²) in [6.45, 7) is 2.75. The van der Waals surface area contributed by atoms with Gasteiger partial charge < -0.3 is 5.32 Å². The molecule has 1 atom stereocenters. The van der Waals surface area contributed by atoms with Gasteiger partial charge in [0.25, 0.3) is 0 Å². The number of amides is 1. The number of nitrogens with one attached hydrogen (secondary N) is 1. The Labute approximate surface area is 136 Å². The molecule has 0 saturated carbocycles. The van der Waals surface area contributed by atoms with Crippen LogP contribution in [-0.4, -0.2) is 44.7 Å². The topological polar surface area (TPSA) is 63.1 Å². The lowest BCUT2D eigenvalue weighted by molar-refractivity contribution is -0.123. The molecule has 23 heavy (non-hydrogen) atoms. The van der Waals surface area contributed by atoms with E-state index in [0.717, 1.165) is 31.6 Å². The van der Waals surface area contributed by atoms with E-state index in [2.05, 4.69) is 20.3 Å². The summed E-state index contributed by atoms with van der Waals surface area (Å²) >= 11 is 0. The Morgan fingerprint density at radius 2 is 2.22 bits per heavy atom. The maximum absolute atomic E-state index is 12.2. The van der Waals surface area contributed by atoms with Crippen LogP contribution in [0.3, 0.4) is 0 Å². The van der Waals surface area contributed by atoms with E-state index < -0.39 is 0 Å². The molecule has 122 valence electrons. The minimum absolute atomic E-state index is 0.0584. The summed E-state index contributed by atoms with van der Waals surface area (Å²) in [5.74, 6) is 0.0584. The first kappa shape index (κ1) is 15.7. The van der Waals surface area contributed by atoms with Crippen LogP contribution in [0.25, 0.3) is 0 Å². The van der Waals surface area contributed by atoms with Gasteiger partial charge in [0, 0.05) is 24.6 Å². The number of carbonyl (C=O) groups excluding carboxylic acids is 1. The van der Waals surface area contributed by atoms with Crippen LogP contribution >= 0.6 is 0 Å². The summed E-state index contributed by atoms with van der Waals surface area (Å²) in [5, 5.41) is 7.24. The van der Waals surface area contributed by atoms with Crippen molar-refractivity contribution in [3.63, 3.8) is 0 Å². The minimum atomic E-state index is 0.0584. The molecule has 0 aromatic carbocycles. The summed E-state index contributed by atoms with van der Waals surface area (Å²) in [4.78, 5) is 18.7. The predicted octanol–water partition coefficient (Wildman–Crippen LogP) is 1.45. The number of hydrogen-bond donors (Lipinski definition) is 1. The van der Waals surface area contributed by atoms with Crippen LogP contribution in [0.2, 0.25) is 0 Å². The lowest BCUT2D eigenvalue weighted by atomic mass is 10.0. The third kappa shape index (κ3) is 4.63. The summed E-state index contributed by atoms with van der Waals surface area (Å²) < 4.78 is 1.95. The van der Waals surface area contributed by atoms with Crippen molar-refractivity contribution in [2.24, 2.45) is 0 Å².